The molecule has 1 aliphatic rings. The van der Waals surface area contributed by atoms with Crippen molar-refractivity contribution >= 4 is 0 Å². The molecule has 1 fully saturated rings. The number of ether oxygens (including phenoxy) is 1. The third kappa shape index (κ3) is 4.45. The lowest BCUT2D eigenvalue weighted by molar-refractivity contribution is -0.189. The van der Waals surface area contributed by atoms with Crippen LogP contribution in [0.4, 0.5) is 30.7 Å². The number of rotatable bonds is 6. The van der Waals surface area contributed by atoms with E-state index in [0.29, 0.717) is 17.4 Å². The van der Waals surface area contributed by atoms with Crippen LogP contribution in [-0.2, 0) is 12.5 Å². The SMILES string of the molecule is CC1CC1Cc1ccc(-c2cc(F)c(C(F)(F)Oc3cc(F)c(F)c(F)c3)c(F)c2)cc1. The summed E-state index contributed by atoms with van der Waals surface area (Å²) in [6.45, 7) is 2.16. The van der Waals surface area contributed by atoms with Crippen LogP contribution in [0.2, 0.25) is 0 Å². The van der Waals surface area contributed by atoms with Crippen LogP contribution in [0.15, 0.2) is 48.5 Å². The third-order valence-electron chi connectivity index (χ3n) is 5.60. The minimum atomic E-state index is -4.62. The Morgan fingerprint density at radius 2 is 1.34 bits per heavy atom. The predicted molar refractivity (Wildman–Crippen MR) is 104 cm³/mol. The van der Waals surface area contributed by atoms with E-state index in [-0.39, 0.29) is 17.7 Å². The molecule has 0 radical (unpaired) electrons. The summed E-state index contributed by atoms with van der Waals surface area (Å²) in [5.74, 6) is -8.50. The zero-order valence-corrected chi connectivity index (χ0v) is 16.7. The van der Waals surface area contributed by atoms with Crippen molar-refractivity contribution < 1.29 is 35.5 Å². The minimum Gasteiger partial charge on any atom is -0.429 e. The van der Waals surface area contributed by atoms with Gasteiger partial charge in [-0.3, -0.25) is 0 Å². The highest BCUT2D eigenvalue weighted by molar-refractivity contribution is 5.64. The summed E-state index contributed by atoms with van der Waals surface area (Å²) in [4.78, 5) is 0. The molecular formula is C24H17F7O. The number of halogens is 7. The summed E-state index contributed by atoms with van der Waals surface area (Å²) < 4.78 is 102. The molecule has 1 aliphatic carbocycles. The van der Waals surface area contributed by atoms with Crippen LogP contribution >= 0.6 is 0 Å². The third-order valence-corrected chi connectivity index (χ3v) is 5.60. The molecule has 3 aromatic carbocycles. The van der Waals surface area contributed by atoms with Crippen LogP contribution in [0.5, 0.6) is 5.75 Å². The molecule has 4 rings (SSSR count). The van der Waals surface area contributed by atoms with Crippen LogP contribution in [0.25, 0.3) is 11.1 Å². The van der Waals surface area contributed by atoms with Gasteiger partial charge < -0.3 is 4.74 Å². The van der Waals surface area contributed by atoms with E-state index in [1.54, 1.807) is 12.1 Å². The maximum absolute atomic E-state index is 14.5. The fourth-order valence-corrected chi connectivity index (χ4v) is 3.63. The Balaban J connectivity index is 1.59. The smallest absolute Gasteiger partial charge is 0.429 e. The lowest BCUT2D eigenvalue weighted by Gasteiger charge is -2.20. The molecule has 0 aromatic heterocycles. The summed E-state index contributed by atoms with van der Waals surface area (Å²) in [6, 6.07) is 8.68. The largest absolute Gasteiger partial charge is 0.432 e. The highest BCUT2D eigenvalue weighted by Crippen LogP contribution is 2.41. The van der Waals surface area contributed by atoms with Gasteiger partial charge in [-0.2, -0.15) is 8.78 Å². The molecule has 0 aliphatic heterocycles. The van der Waals surface area contributed by atoms with E-state index in [4.69, 9.17) is 0 Å². The van der Waals surface area contributed by atoms with E-state index in [9.17, 15) is 30.7 Å². The average Bonchev–Trinajstić information content (AvgIpc) is 3.39. The van der Waals surface area contributed by atoms with Crippen molar-refractivity contribution in [3.63, 3.8) is 0 Å². The van der Waals surface area contributed by atoms with Gasteiger partial charge in [0.2, 0.25) is 0 Å². The van der Waals surface area contributed by atoms with Crippen LogP contribution in [-0.4, -0.2) is 0 Å². The summed E-state index contributed by atoms with van der Waals surface area (Å²) in [6.07, 6.45) is -2.56. The van der Waals surface area contributed by atoms with Gasteiger partial charge in [0, 0.05) is 12.1 Å². The normalized spacial score (nSPS) is 18.0. The van der Waals surface area contributed by atoms with Crippen molar-refractivity contribution in [2.45, 2.75) is 25.9 Å². The second kappa shape index (κ2) is 8.15. The molecule has 2 unspecified atom stereocenters. The van der Waals surface area contributed by atoms with Gasteiger partial charge in [0.05, 0.1) is 0 Å². The highest BCUT2D eigenvalue weighted by atomic mass is 19.3. The van der Waals surface area contributed by atoms with E-state index >= 15 is 0 Å². The van der Waals surface area contributed by atoms with Crippen LogP contribution < -0.4 is 4.74 Å². The maximum Gasteiger partial charge on any atom is 0.432 e. The van der Waals surface area contributed by atoms with Gasteiger partial charge in [0.15, 0.2) is 17.5 Å². The summed E-state index contributed by atoms with van der Waals surface area (Å²) >= 11 is 0. The molecule has 168 valence electrons. The summed E-state index contributed by atoms with van der Waals surface area (Å²) in [7, 11) is 0. The summed E-state index contributed by atoms with van der Waals surface area (Å²) in [5, 5.41) is 0. The predicted octanol–water partition coefficient (Wildman–Crippen LogP) is 7.38. The van der Waals surface area contributed by atoms with Crippen molar-refractivity contribution in [1.29, 1.82) is 0 Å². The first kappa shape index (κ1) is 22.2. The molecule has 0 heterocycles. The van der Waals surface area contributed by atoms with Gasteiger partial charge in [-0.1, -0.05) is 31.2 Å². The van der Waals surface area contributed by atoms with E-state index in [1.165, 1.54) is 0 Å². The standard InChI is InChI=1S/C24H17F7O/c1-12-6-15(12)7-13-2-4-14(5-3-13)16-8-18(25)22(19(26)9-16)24(30,31)32-17-10-20(27)23(29)21(28)11-17/h2-5,8-12,15H,6-7H2,1H3. The molecule has 3 aromatic rings. The Hall–Kier alpha value is -3.03. The quantitative estimate of drug-likeness (QED) is 0.279. The van der Waals surface area contributed by atoms with E-state index in [2.05, 4.69) is 11.7 Å². The molecule has 0 bridgehead atoms. The van der Waals surface area contributed by atoms with Gasteiger partial charge in [-0.05, 0) is 53.5 Å². The highest BCUT2D eigenvalue weighted by Gasteiger charge is 2.41. The molecule has 8 heteroatoms. The van der Waals surface area contributed by atoms with Crippen molar-refractivity contribution in [3.05, 3.63) is 88.7 Å². The Labute approximate surface area is 179 Å². The van der Waals surface area contributed by atoms with Gasteiger partial charge in [-0.15, -0.1) is 0 Å². The Morgan fingerprint density at radius 1 is 0.812 bits per heavy atom. The second-order valence-corrected chi connectivity index (χ2v) is 8.01. The first-order valence-corrected chi connectivity index (χ1v) is 9.85. The lowest BCUT2D eigenvalue weighted by atomic mass is 9.99. The molecule has 0 spiro atoms. The molecule has 0 N–H and O–H groups in total. The second-order valence-electron chi connectivity index (χ2n) is 8.01. The van der Waals surface area contributed by atoms with Crippen LogP contribution in [0.1, 0.15) is 24.5 Å². The topological polar surface area (TPSA) is 9.23 Å². The Bertz CT molecular complexity index is 1110. The first-order chi connectivity index (χ1) is 15.0. The average molecular weight is 454 g/mol. The Morgan fingerprint density at radius 3 is 1.84 bits per heavy atom. The Kier molecular flexibility index (Phi) is 5.65. The maximum atomic E-state index is 14.5. The van der Waals surface area contributed by atoms with Gasteiger partial charge in [0.1, 0.15) is 22.9 Å². The zero-order chi connectivity index (χ0) is 23.2. The monoisotopic (exact) mass is 454 g/mol. The molecule has 32 heavy (non-hydrogen) atoms. The van der Waals surface area contributed by atoms with Gasteiger partial charge in [0.25, 0.3) is 0 Å². The van der Waals surface area contributed by atoms with E-state index < -0.39 is 46.5 Å². The minimum absolute atomic E-state index is 0.0322. The number of hydrogen-bond donors (Lipinski definition) is 0. The molecule has 0 saturated heterocycles. The number of benzene rings is 3. The molecule has 1 nitrogen and oxygen atoms in total. The van der Waals surface area contributed by atoms with Crippen molar-refractivity contribution in [3.8, 4) is 16.9 Å². The van der Waals surface area contributed by atoms with Crippen molar-refractivity contribution in [2.24, 2.45) is 11.8 Å². The molecule has 1 saturated carbocycles. The molecular weight excluding hydrogens is 437 g/mol. The van der Waals surface area contributed by atoms with Gasteiger partial charge >= 0.3 is 6.11 Å². The molecule has 2 atom stereocenters. The fraction of sp³-hybridized carbons (Fsp3) is 0.250. The van der Waals surface area contributed by atoms with E-state index in [1.807, 2.05) is 12.1 Å². The van der Waals surface area contributed by atoms with Gasteiger partial charge in [-0.25, -0.2) is 22.0 Å². The fourth-order valence-electron chi connectivity index (χ4n) is 3.63. The van der Waals surface area contributed by atoms with E-state index in [0.717, 1.165) is 30.5 Å². The van der Waals surface area contributed by atoms with Crippen molar-refractivity contribution in [2.75, 3.05) is 0 Å². The van der Waals surface area contributed by atoms with Crippen LogP contribution in [0, 0.1) is 40.9 Å². The first-order valence-electron chi connectivity index (χ1n) is 9.85. The summed E-state index contributed by atoms with van der Waals surface area (Å²) in [5.41, 5.74) is -0.205. The number of hydrogen-bond acceptors (Lipinski definition) is 1. The lowest BCUT2D eigenvalue weighted by Crippen LogP contribution is -2.25. The van der Waals surface area contributed by atoms with Crippen molar-refractivity contribution in [1.82, 2.24) is 0 Å². The zero-order valence-electron chi connectivity index (χ0n) is 16.7. The number of alkyl halides is 2. The van der Waals surface area contributed by atoms with Crippen LogP contribution in [0.3, 0.4) is 0 Å². The molecule has 0 amide bonds.